The normalized spacial score (nSPS) is 18.4. The molecule has 16 heavy (non-hydrogen) atoms. The molecular weight excluding hydrogens is 230 g/mol. The van der Waals surface area contributed by atoms with Crippen LogP contribution in [-0.2, 0) is 16.1 Å². The third-order valence-corrected chi connectivity index (χ3v) is 2.38. The van der Waals surface area contributed by atoms with E-state index in [1.807, 2.05) is 13.8 Å². The van der Waals surface area contributed by atoms with Crippen molar-refractivity contribution in [2.24, 2.45) is 0 Å². The molecule has 1 aromatic rings. The van der Waals surface area contributed by atoms with Gasteiger partial charge in [0.05, 0.1) is 24.0 Å². The van der Waals surface area contributed by atoms with Gasteiger partial charge in [0.1, 0.15) is 5.75 Å². The van der Waals surface area contributed by atoms with Crippen LogP contribution in [0.15, 0.2) is 6.20 Å². The molecule has 1 aliphatic heterocycles. The molecule has 0 fully saturated rings. The van der Waals surface area contributed by atoms with Crippen LogP contribution in [0.1, 0.15) is 37.0 Å². The first-order chi connectivity index (χ1) is 7.09. The van der Waals surface area contributed by atoms with Crippen LogP contribution in [0, 0.1) is 6.92 Å². The van der Waals surface area contributed by atoms with Gasteiger partial charge in [0.15, 0.2) is 6.29 Å². The van der Waals surface area contributed by atoms with Crippen LogP contribution in [0.25, 0.3) is 0 Å². The topological polar surface area (TPSA) is 51.6 Å². The second kappa shape index (κ2) is 4.99. The molecule has 0 saturated heterocycles. The summed E-state index contributed by atoms with van der Waals surface area (Å²) >= 11 is 0. The number of hydrogen-bond donors (Lipinski definition) is 1. The first-order valence-corrected chi connectivity index (χ1v) is 5.04. The zero-order valence-corrected chi connectivity index (χ0v) is 10.4. The summed E-state index contributed by atoms with van der Waals surface area (Å²) in [6.45, 7) is 6.09. The van der Waals surface area contributed by atoms with Gasteiger partial charge in [0.25, 0.3) is 0 Å². The number of fused-ring (bicyclic) bond motifs is 1. The number of aromatic hydroxyl groups is 1. The molecule has 0 aromatic carbocycles. The number of aromatic nitrogens is 1. The Balaban J connectivity index is 0.00000128. The summed E-state index contributed by atoms with van der Waals surface area (Å²) in [6.07, 6.45) is 1.34. The van der Waals surface area contributed by atoms with E-state index in [1.165, 1.54) is 0 Å². The summed E-state index contributed by atoms with van der Waals surface area (Å²) in [5, 5.41) is 9.88. The van der Waals surface area contributed by atoms with Gasteiger partial charge >= 0.3 is 0 Å². The quantitative estimate of drug-likeness (QED) is 0.870. The van der Waals surface area contributed by atoms with E-state index in [0.29, 0.717) is 12.3 Å². The van der Waals surface area contributed by atoms with E-state index in [2.05, 4.69) is 4.98 Å². The lowest BCUT2D eigenvalue weighted by Crippen LogP contribution is -2.09. The van der Waals surface area contributed by atoms with Crippen LogP contribution in [0.3, 0.4) is 0 Å². The number of ether oxygens (including phenoxy) is 2. The van der Waals surface area contributed by atoms with Crippen molar-refractivity contribution in [2.75, 3.05) is 0 Å². The molecule has 2 heterocycles. The van der Waals surface area contributed by atoms with E-state index >= 15 is 0 Å². The van der Waals surface area contributed by atoms with E-state index < -0.39 is 6.29 Å². The number of pyridine rings is 1. The molecule has 0 amide bonds. The van der Waals surface area contributed by atoms with Crippen LogP contribution < -0.4 is 0 Å². The van der Waals surface area contributed by atoms with Gasteiger partial charge < -0.3 is 14.6 Å². The van der Waals surface area contributed by atoms with Crippen LogP contribution in [0.2, 0.25) is 0 Å². The van der Waals surface area contributed by atoms with E-state index in [9.17, 15) is 5.11 Å². The predicted octanol–water partition coefficient (Wildman–Crippen LogP) is 2.47. The molecule has 0 spiro atoms. The van der Waals surface area contributed by atoms with Gasteiger partial charge in [0.2, 0.25) is 0 Å². The predicted molar refractivity (Wildman–Crippen MR) is 61.6 cm³/mol. The fourth-order valence-electron chi connectivity index (χ4n) is 1.63. The van der Waals surface area contributed by atoms with E-state index in [4.69, 9.17) is 9.47 Å². The maximum absolute atomic E-state index is 9.88. The lowest BCUT2D eigenvalue weighted by molar-refractivity contribution is -0.159. The maximum Gasteiger partial charge on any atom is 0.188 e. The highest BCUT2D eigenvalue weighted by Gasteiger charge is 2.29. The Morgan fingerprint density at radius 3 is 2.88 bits per heavy atom. The van der Waals surface area contributed by atoms with Crippen molar-refractivity contribution in [3.8, 4) is 5.75 Å². The lowest BCUT2D eigenvalue weighted by atomic mass is 10.1. The van der Waals surface area contributed by atoms with Crippen LogP contribution in [-0.4, -0.2) is 16.2 Å². The van der Waals surface area contributed by atoms with Crippen molar-refractivity contribution in [1.82, 2.24) is 4.98 Å². The zero-order valence-electron chi connectivity index (χ0n) is 9.56. The number of halogens is 1. The fourth-order valence-corrected chi connectivity index (χ4v) is 1.63. The second-order valence-electron chi connectivity index (χ2n) is 3.96. The van der Waals surface area contributed by atoms with Gasteiger partial charge in [-0.05, 0) is 20.8 Å². The third kappa shape index (κ3) is 2.29. The molecule has 0 aliphatic carbocycles. The summed E-state index contributed by atoms with van der Waals surface area (Å²) in [5.74, 6) is 0.190. The molecule has 4 nitrogen and oxygen atoms in total. The SMILES string of the molecule is Cc1ncc2c(c1O)C(OC(C)C)OC2.Cl. The van der Waals surface area contributed by atoms with Crippen molar-refractivity contribution in [2.45, 2.75) is 39.8 Å². The molecule has 1 N–H and O–H groups in total. The molecule has 0 radical (unpaired) electrons. The van der Waals surface area contributed by atoms with Gasteiger partial charge in [-0.3, -0.25) is 4.98 Å². The monoisotopic (exact) mass is 245 g/mol. The molecule has 2 rings (SSSR count). The minimum atomic E-state index is -0.457. The van der Waals surface area contributed by atoms with Crippen molar-refractivity contribution >= 4 is 12.4 Å². The van der Waals surface area contributed by atoms with E-state index in [-0.39, 0.29) is 24.3 Å². The average molecular weight is 246 g/mol. The smallest absolute Gasteiger partial charge is 0.188 e. The Labute approximate surface area is 101 Å². The maximum atomic E-state index is 9.88. The van der Waals surface area contributed by atoms with Gasteiger partial charge in [0, 0.05) is 11.8 Å². The average Bonchev–Trinajstić information content (AvgIpc) is 2.55. The Hall–Kier alpha value is -0.840. The molecule has 1 atom stereocenters. The van der Waals surface area contributed by atoms with Crippen molar-refractivity contribution < 1.29 is 14.6 Å². The molecule has 90 valence electrons. The number of aryl methyl sites for hydroxylation is 1. The summed E-state index contributed by atoms with van der Waals surface area (Å²) < 4.78 is 11.0. The van der Waals surface area contributed by atoms with Crippen LogP contribution in [0.5, 0.6) is 5.75 Å². The Morgan fingerprint density at radius 1 is 1.56 bits per heavy atom. The third-order valence-electron chi connectivity index (χ3n) is 2.38. The molecule has 1 aromatic heterocycles. The fraction of sp³-hybridized carbons (Fsp3) is 0.545. The summed E-state index contributed by atoms with van der Waals surface area (Å²) in [7, 11) is 0. The molecule has 5 heteroatoms. The summed E-state index contributed by atoms with van der Waals surface area (Å²) in [4.78, 5) is 4.08. The first-order valence-electron chi connectivity index (χ1n) is 5.04. The van der Waals surface area contributed by atoms with Crippen molar-refractivity contribution in [1.29, 1.82) is 0 Å². The van der Waals surface area contributed by atoms with Gasteiger partial charge in [-0.2, -0.15) is 0 Å². The number of hydrogen-bond acceptors (Lipinski definition) is 4. The highest BCUT2D eigenvalue weighted by molar-refractivity contribution is 5.85. The number of nitrogens with zero attached hydrogens (tertiary/aromatic N) is 1. The van der Waals surface area contributed by atoms with Crippen molar-refractivity contribution in [3.05, 3.63) is 23.0 Å². The van der Waals surface area contributed by atoms with Crippen LogP contribution in [0.4, 0.5) is 0 Å². The lowest BCUT2D eigenvalue weighted by Gasteiger charge is -2.16. The second-order valence-corrected chi connectivity index (χ2v) is 3.96. The molecular formula is C11H16ClNO3. The summed E-state index contributed by atoms with van der Waals surface area (Å²) in [6, 6.07) is 0. The minimum Gasteiger partial charge on any atom is -0.506 e. The summed E-state index contributed by atoms with van der Waals surface area (Å²) in [5.41, 5.74) is 2.25. The first kappa shape index (κ1) is 13.2. The van der Waals surface area contributed by atoms with E-state index in [1.54, 1.807) is 13.1 Å². The zero-order chi connectivity index (χ0) is 11.0. The van der Waals surface area contributed by atoms with Crippen LogP contribution >= 0.6 is 12.4 Å². The Bertz CT molecular complexity index is 382. The standard InChI is InChI=1S/C11H15NO3.ClH/c1-6(2)15-11-9-8(5-14-11)4-12-7(3)10(9)13;/h4,6,11,13H,5H2,1-3H3;1H. The Morgan fingerprint density at radius 2 is 2.25 bits per heavy atom. The molecule has 0 bridgehead atoms. The van der Waals surface area contributed by atoms with E-state index in [0.717, 1.165) is 11.1 Å². The van der Waals surface area contributed by atoms with Gasteiger partial charge in [-0.1, -0.05) is 0 Å². The Kier molecular flexibility index (Phi) is 4.13. The molecule has 1 aliphatic rings. The highest BCUT2D eigenvalue weighted by atomic mass is 35.5. The highest BCUT2D eigenvalue weighted by Crippen LogP contribution is 2.38. The minimum absolute atomic E-state index is 0. The molecule has 0 saturated carbocycles. The van der Waals surface area contributed by atoms with Gasteiger partial charge in [-0.15, -0.1) is 12.4 Å². The number of rotatable bonds is 2. The van der Waals surface area contributed by atoms with Gasteiger partial charge in [-0.25, -0.2) is 0 Å². The van der Waals surface area contributed by atoms with Crippen molar-refractivity contribution in [3.63, 3.8) is 0 Å². The largest absolute Gasteiger partial charge is 0.506 e. The molecule has 1 unspecified atom stereocenters.